The Labute approximate surface area is 113 Å². The molecule has 0 saturated carbocycles. The molecule has 0 aliphatic rings. The summed E-state index contributed by atoms with van der Waals surface area (Å²) in [6.07, 6.45) is 0.890. The van der Waals surface area contributed by atoms with Crippen molar-refractivity contribution in [2.45, 2.75) is 13.3 Å². The molecule has 0 radical (unpaired) electrons. The van der Waals surface area contributed by atoms with Gasteiger partial charge in [-0.15, -0.1) is 0 Å². The van der Waals surface area contributed by atoms with Gasteiger partial charge in [0.1, 0.15) is 5.75 Å². The van der Waals surface area contributed by atoms with Crippen molar-refractivity contribution in [3.63, 3.8) is 0 Å². The van der Waals surface area contributed by atoms with Crippen molar-refractivity contribution in [1.82, 2.24) is 0 Å². The minimum atomic E-state index is 0.396. The van der Waals surface area contributed by atoms with Gasteiger partial charge in [0.2, 0.25) is 0 Å². The van der Waals surface area contributed by atoms with Crippen LogP contribution in [0.25, 0.3) is 10.8 Å². The highest BCUT2D eigenvalue weighted by Crippen LogP contribution is 2.31. The fourth-order valence-electron chi connectivity index (χ4n) is 2.49. The molecule has 94 valence electrons. The van der Waals surface area contributed by atoms with Crippen LogP contribution in [-0.4, -0.2) is 5.11 Å². The largest absolute Gasteiger partial charge is 0.507 e. The molecule has 3 aromatic carbocycles. The maximum atomic E-state index is 10.1. The van der Waals surface area contributed by atoms with Crippen molar-refractivity contribution in [2.24, 2.45) is 0 Å². The summed E-state index contributed by atoms with van der Waals surface area (Å²) in [6, 6.07) is 20.6. The van der Waals surface area contributed by atoms with Crippen LogP contribution in [0.1, 0.15) is 16.7 Å². The third-order valence-electron chi connectivity index (χ3n) is 3.56. The summed E-state index contributed by atoms with van der Waals surface area (Å²) >= 11 is 0. The number of rotatable bonds is 2. The number of aryl methyl sites for hydroxylation is 1. The highest BCUT2D eigenvalue weighted by Gasteiger charge is 2.07. The lowest BCUT2D eigenvalue weighted by Crippen LogP contribution is -1.90. The number of hydrogen-bond acceptors (Lipinski definition) is 1. The van der Waals surface area contributed by atoms with Gasteiger partial charge in [0.05, 0.1) is 0 Å². The van der Waals surface area contributed by atoms with Gasteiger partial charge in [-0.2, -0.15) is 0 Å². The Bertz CT molecular complexity index is 714. The molecule has 0 bridgehead atoms. The first kappa shape index (κ1) is 11.8. The summed E-state index contributed by atoms with van der Waals surface area (Å²) in [6.45, 7) is 1.93. The number of phenols is 1. The molecule has 0 fully saturated rings. The van der Waals surface area contributed by atoms with Crippen LogP contribution in [0.2, 0.25) is 0 Å². The topological polar surface area (TPSA) is 20.2 Å². The quantitative estimate of drug-likeness (QED) is 0.710. The van der Waals surface area contributed by atoms with E-state index in [1.165, 1.54) is 11.1 Å². The van der Waals surface area contributed by atoms with E-state index in [1.54, 1.807) is 0 Å². The van der Waals surface area contributed by atoms with Crippen LogP contribution in [0.3, 0.4) is 0 Å². The van der Waals surface area contributed by atoms with Gasteiger partial charge in [-0.25, -0.2) is 0 Å². The number of phenolic OH excluding ortho intramolecular Hbond substituents is 1. The molecule has 3 rings (SSSR count). The van der Waals surface area contributed by atoms with E-state index in [2.05, 4.69) is 36.4 Å². The second-order valence-corrected chi connectivity index (χ2v) is 4.91. The predicted molar refractivity (Wildman–Crippen MR) is 79.6 cm³/mol. The predicted octanol–water partition coefficient (Wildman–Crippen LogP) is 4.44. The van der Waals surface area contributed by atoms with E-state index < -0.39 is 0 Å². The fourth-order valence-corrected chi connectivity index (χ4v) is 2.49. The van der Waals surface area contributed by atoms with E-state index in [-0.39, 0.29) is 0 Å². The Balaban J connectivity index is 2.12. The van der Waals surface area contributed by atoms with Crippen molar-refractivity contribution in [3.8, 4) is 5.75 Å². The van der Waals surface area contributed by atoms with E-state index in [4.69, 9.17) is 0 Å². The first-order valence-corrected chi connectivity index (χ1v) is 6.50. The summed E-state index contributed by atoms with van der Waals surface area (Å²) < 4.78 is 0. The summed E-state index contributed by atoms with van der Waals surface area (Å²) in [5, 5.41) is 12.2. The highest BCUT2D eigenvalue weighted by molar-refractivity contribution is 5.92. The number of fused-ring (bicyclic) bond motifs is 1. The average Bonchev–Trinajstić information content (AvgIpc) is 2.45. The molecule has 0 aromatic heterocycles. The number of benzene rings is 3. The first-order chi connectivity index (χ1) is 9.25. The molecule has 0 heterocycles. The van der Waals surface area contributed by atoms with Crippen molar-refractivity contribution >= 4 is 10.8 Å². The number of aromatic hydroxyl groups is 1. The van der Waals surface area contributed by atoms with Gasteiger partial charge >= 0.3 is 0 Å². The third-order valence-corrected chi connectivity index (χ3v) is 3.56. The molecule has 1 nitrogen and oxygen atoms in total. The number of hydrogen-bond donors (Lipinski definition) is 1. The van der Waals surface area contributed by atoms with Crippen LogP contribution in [0.5, 0.6) is 5.75 Å². The minimum Gasteiger partial charge on any atom is -0.507 e. The molecule has 0 spiro atoms. The summed E-state index contributed by atoms with van der Waals surface area (Å²) in [7, 11) is 0. The molecular formula is C18H16O. The molecule has 3 aromatic rings. The summed E-state index contributed by atoms with van der Waals surface area (Å²) in [4.78, 5) is 0. The second-order valence-electron chi connectivity index (χ2n) is 4.91. The van der Waals surface area contributed by atoms with Crippen molar-refractivity contribution in [2.75, 3.05) is 0 Å². The van der Waals surface area contributed by atoms with E-state index in [9.17, 15) is 5.11 Å². The molecule has 1 N–H and O–H groups in total. The molecule has 0 aliphatic carbocycles. The van der Waals surface area contributed by atoms with Crippen LogP contribution in [0.4, 0.5) is 0 Å². The Hall–Kier alpha value is -2.28. The van der Waals surface area contributed by atoms with Crippen LogP contribution in [0, 0.1) is 6.92 Å². The van der Waals surface area contributed by atoms with Crippen molar-refractivity contribution < 1.29 is 5.11 Å². The molecule has 19 heavy (non-hydrogen) atoms. The van der Waals surface area contributed by atoms with Crippen LogP contribution < -0.4 is 0 Å². The Morgan fingerprint density at radius 1 is 0.789 bits per heavy atom. The van der Waals surface area contributed by atoms with Crippen LogP contribution >= 0.6 is 0 Å². The minimum absolute atomic E-state index is 0.396. The maximum absolute atomic E-state index is 10.1. The molecule has 0 amide bonds. The SMILES string of the molecule is Cc1ccc2c(Cc3ccccc3)cccc2c1O. The third kappa shape index (κ3) is 2.19. The van der Waals surface area contributed by atoms with E-state index in [0.717, 1.165) is 22.8 Å². The fraction of sp³-hybridized carbons (Fsp3) is 0.111. The Kier molecular flexibility index (Phi) is 2.96. The van der Waals surface area contributed by atoms with Gasteiger partial charge in [-0.3, -0.25) is 0 Å². The molecule has 1 heteroatoms. The van der Waals surface area contributed by atoms with Crippen molar-refractivity contribution in [1.29, 1.82) is 0 Å². The smallest absolute Gasteiger partial charge is 0.126 e. The lowest BCUT2D eigenvalue weighted by atomic mass is 9.97. The molecule has 0 saturated heterocycles. The normalized spacial score (nSPS) is 10.8. The average molecular weight is 248 g/mol. The van der Waals surface area contributed by atoms with E-state index >= 15 is 0 Å². The van der Waals surface area contributed by atoms with Gasteiger partial charge in [-0.05, 0) is 35.4 Å². The molecule has 0 atom stereocenters. The van der Waals surface area contributed by atoms with E-state index in [0.29, 0.717) is 5.75 Å². The van der Waals surface area contributed by atoms with Gasteiger partial charge in [-0.1, -0.05) is 60.7 Å². The highest BCUT2D eigenvalue weighted by atomic mass is 16.3. The maximum Gasteiger partial charge on any atom is 0.126 e. The Morgan fingerprint density at radius 2 is 1.58 bits per heavy atom. The second kappa shape index (κ2) is 4.77. The zero-order valence-corrected chi connectivity index (χ0v) is 10.9. The molecule has 0 unspecified atom stereocenters. The zero-order chi connectivity index (χ0) is 13.2. The van der Waals surface area contributed by atoms with Gasteiger partial charge in [0.25, 0.3) is 0 Å². The lowest BCUT2D eigenvalue weighted by molar-refractivity contribution is 0.477. The lowest BCUT2D eigenvalue weighted by Gasteiger charge is -2.09. The standard InChI is InChI=1S/C18H16O/c1-13-10-11-16-15(8-5-9-17(16)18(13)19)12-14-6-3-2-4-7-14/h2-11,19H,12H2,1H3. The first-order valence-electron chi connectivity index (χ1n) is 6.50. The van der Waals surface area contributed by atoms with Gasteiger partial charge in [0.15, 0.2) is 0 Å². The van der Waals surface area contributed by atoms with Gasteiger partial charge < -0.3 is 5.11 Å². The van der Waals surface area contributed by atoms with Gasteiger partial charge in [0, 0.05) is 5.39 Å². The summed E-state index contributed by atoms with van der Waals surface area (Å²) in [5.41, 5.74) is 3.46. The van der Waals surface area contributed by atoms with E-state index in [1.807, 2.05) is 31.2 Å². The van der Waals surface area contributed by atoms with Crippen LogP contribution in [-0.2, 0) is 6.42 Å². The molecule has 0 aliphatic heterocycles. The Morgan fingerprint density at radius 3 is 2.37 bits per heavy atom. The summed E-state index contributed by atoms with van der Waals surface area (Å²) in [5.74, 6) is 0.396. The zero-order valence-electron chi connectivity index (χ0n) is 10.9. The van der Waals surface area contributed by atoms with Crippen molar-refractivity contribution in [3.05, 3.63) is 77.4 Å². The molecular weight excluding hydrogens is 232 g/mol. The monoisotopic (exact) mass is 248 g/mol. The van der Waals surface area contributed by atoms with Crippen LogP contribution in [0.15, 0.2) is 60.7 Å².